The Morgan fingerprint density at radius 2 is 2.03 bits per heavy atom. The van der Waals surface area contributed by atoms with Crippen LogP contribution in [0.4, 0.5) is 8.78 Å². The summed E-state index contributed by atoms with van der Waals surface area (Å²) in [4.78, 5) is 19.9. The first-order valence-electron chi connectivity index (χ1n) is 8.59. The van der Waals surface area contributed by atoms with Crippen molar-refractivity contribution in [2.75, 3.05) is 0 Å². The third-order valence-corrected chi connectivity index (χ3v) is 5.54. The van der Waals surface area contributed by atoms with Gasteiger partial charge in [-0.1, -0.05) is 11.6 Å². The summed E-state index contributed by atoms with van der Waals surface area (Å²) in [6.07, 6.45) is 0. The lowest BCUT2D eigenvalue weighted by Gasteiger charge is -2.29. The number of aromatic amines is 1. The minimum absolute atomic E-state index is 0.184. The molecule has 0 saturated carbocycles. The molecule has 0 saturated heterocycles. The molecule has 3 rings (SSSR count). The van der Waals surface area contributed by atoms with Crippen LogP contribution in [0.5, 0.6) is 0 Å². The number of aliphatic hydroxyl groups is 1. The molecule has 1 aromatic carbocycles. The van der Waals surface area contributed by atoms with E-state index in [0.717, 1.165) is 12.1 Å². The van der Waals surface area contributed by atoms with Crippen molar-refractivity contribution < 1.29 is 18.7 Å². The van der Waals surface area contributed by atoms with Crippen molar-refractivity contribution >= 4 is 28.8 Å². The Labute approximate surface area is 174 Å². The Bertz CT molecular complexity index is 1020. The number of amides is 1. The lowest BCUT2D eigenvalue weighted by molar-refractivity contribution is 0.0914. The Morgan fingerprint density at radius 3 is 2.59 bits per heavy atom. The van der Waals surface area contributed by atoms with Gasteiger partial charge in [0.1, 0.15) is 27.4 Å². The van der Waals surface area contributed by atoms with Gasteiger partial charge < -0.3 is 21.1 Å². The minimum Gasteiger partial charge on any atom is -0.390 e. The molecule has 0 aliphatic carbocycles. The molecule has 0 bridgehead atoms. The number of halogens is 3. The van der Waals surface area contributed by atoms with Gasteiger partial charge in [0.2, 0.25) is 0 Å². The molecule has 154 valence electrons. The summed E-state index contributed by atoms with van der Waals surface area (Å²) < 4.78 is 27.4. The van der Waals surface area contributed by atoms with Crippen LogP contribution in [0.15, 0.2) is 29.6 Å². The standard InChI is InChI=1S/C19H19ClF2N4O2S/c1-19(2,23)16(18-24-10(7-27)8-29-18)26-17(28)14-4-3-13(25-14)9-5-11(21)15(20)12(22)6-9/h3-6,8,16,25,27H,7,23H2,1-2H3,(H,26,28)/t16-/m0/s1. The fourth-order valence-corrected chi connectivity index (χ4v) is 3.87. The second-order valence-electron chi connectivity index (χ2n) is 7.10. The number of aromatic nitrogens is 2. The molecular formula is C19H19ClF2N4O2S. The van der Waals surface area contributed by atoms with E-state index in [-0.39, 0.29) is 17.9 Å². The highest BCUT2D eigenvalue weighted by atomic mass is 35.5. The average molecular weight is 441 g/mol. The van der Waals surface area contributed by atoms with Gasteiger partial charge in [0.15, 0.2) is 0 Å². The second-order valence-corrected chi connectivity index (χ2v) is 8.37. The smallest absolute Gasteiger partial charge is 0.268 e. The predicted octanol–water partition coefficient (Wildman–Crippen LogP) is 3.77. The molecule has 0 aliphatic rings. The van der Waals surface area contributed by atoms with Gasteiger partial charge in [-0.25, -0.2) is 13.8 Å². The van der Waals surface area contributed by atoms with Crippen LogP contribution in [0.2, 0.25) is 5.02 Å². The number of benzene rings is 1. The molecule has 10 heteroatoms. The van der Waals surface area contributed by atoms with Gasteiger partial charge in [-0.05, 0) is 38.1 Å². The Kier molecular flexibility index (Phi) is 6.04. The zero-order chi connectivity index (χ0) is 21.3. The predicted molar refractivity (Wildman–Crippen MR) is 108 cm³/mol. The largest absolute Gasteiger partial charge is 0.390 e. The number of nitrogens with one attached hydrogen (secondary N) is 2. The van der Waals surface area contributed by atoms with Crippen molar-refractivity contribution in [3.8, 4) is 11.3 Å². The van der Waals surface area contributed by atoms with E-state index in [4.69, 9.17) is 17.3 Å². The quantitative estimate of drug-likeness (QED) is 0.438. The van der Waals surface area contributed by atoms with Crippen LogP contribution >= 0.6 is 22.9 Å². The monoisotopic (exact) mass is 440 g/mol. The minimum atomic E-state index is -0.893. The molecule has 2 aromatic heterocycles. The number of aliphatic hydroxyl groups excluding tert-OH is 1. The molecule has 2 heterocycles. The zero-order valence-corrected chi connectivity index (χ0v) is 17.2. The fraction of sp³-hybridized carbons (Fsp3) is 0.263. The van der Waals surface area contributed by atoms with Gasteiger partial charge in [-0.3, -0.25) is 4.79 Å². The molecule has 0 aliphatic heterocycles. The van der Waals surface area contributed by atoms with Crippen molar-refractivity contribution in [2.24, 2.45) is 5.73 Å². The van der Waals surface area contributed by atoms with Crippen LogP contribution in [-0.4, -0.2) is 26.5 Å². The van der Waals surface area contributed by atoms with Crippen molar-refractivity contribution in [3.05, 3.63) is 62.7 Å². The Hall–Kier alpha value is -2.33. The van der Waals surface area contributed by atoms with Crippen molar-refractivity contribution in [1.82, 2.24) is 15.3 Å². The van der Waals surface area contributed by atoms with Crippen molar-refractivity contribution in [3.63, 3.8) is 0 Å². The number of hydrogen-bond acceptors (Lipinski definition) is 5. The van der Waals surface area contributed by atoms with Crippen LogP contribution in [-0.2, 0) is 6.61 Å². The van der Waals surface area contributed by atoms with Crippen LogP contribution in [0, 0.1) is 11.6 Å². The molecule has 6 nitrogen and oxygen atoms in total. The summed E-state index contributed by atoms with van der Waals surface area (Å²) in [5, 5.41) is 13.7. The summed E-state index contributed by atoms with van der Waals surface area (Å²) in [6.45, 7) is 3.28. The number of H-pyrrole nitrogens is 1. The summed E-state index contributed by atoms with van der Waals surface area (Å²) in [5.74, 6) is -2.25. The molecule has 0 unspecified atom stereocenters. The summed E-state index contributed by atoms with van der Waals surface area (Å²) in [6, 6.07) is 4.58. The van der Waals surface area contributed by atoms with E-state index >= 15 is 0 Å². The molecule has 5 N–H and O–H groups in total. The van der Waals surface area contributed by atoms with Crippen molar-refractivity contribution in [2.45, 2.75) is 32.0 Å². The average Bonchev–Trinajstić information content (AvgIpc) is 3.32. The topological polar surface area (TPSA) is 104 Å². The van der Waals surface area contributed by atoms with E-state index in [1.54, 1.807) is 19.2 Å². The number of carbonyl (C=O) groups is 1. The lowest BCUT2D eigenvalue weighted by Crippen LogP contribution is -2.48. The maximum absolute atomic E-state index is 13.7. The van der Waals surface area contributed by atoms with Crippen LogP contribution in [0.25, 0.3) is 11.3 Å². The summed E-state index contributed by atoms with van der Waals surface area (Å²) in [5.41, 5.74) is 6.62. The van der Waals surface area contributed by atoms with E-state index in [0.29, 0.717) is 16.4 Å². The van der Waals surface area contributed by atoms with Gasteiger partial charge in [-0.15, -0.1) is 11.3 Å². The normalized spacial score (nSPS) is 12.8. The van der Waals surface area contributed by atoms with Gasteiger partial charge in [-0.2, -0.15) is 0 Å². The molecule has 0 spiro atoms. The highest BCUT2D eigenvalue weighted by Crippen LogP contribution is 2.29. The second kappa shape index (κ2) is 8.19. The molecule has 29 heavy (non-hydrogen) atoms. The molecule has 3 aromatic rings. The number of hydrogen-bond donors (Lipinski definition) is 4. The summed E-state index contributed by atoms with van der Waals surface area (Å²) in [7, 11) is 0. The van der Waals surface area contributed by atoms with Gasteiger partial charge in [0, 0.05) is 22.2 Å². The van der Waals surface area contributed by atoms with E-state index in [9.17, 15) is 18.7 Å². The molecule has 0 fully saturated rings. The van der Waals surface area contributed by atoms with E-state index in [1.807, 2.05) is 0 Å². The SMILES string of the molecule is CC(C)(N)[C@@H](NC(=O)c1ccc(-c2cc(F)c(Cl)c(F)c2)[nH]1)c1nc(CO)cs1. The van der Waals surface area contributed by atoms with E-state index in [2.05, 4.69) is 15.3 Å². The number of thiazole rings is 1. The number of carbonyl (C=O) groups excluding carboxylic acids is 1. The Balaban J connectivity index is 1.85. The molecule has 1 atom stereocenters. The highest BCUT2D eigenvalue weighted by molar-refractivity contribution is 7.09. The third-order valence-electron chi connectivity index (χ3n) is 4.22. The number of nitrogens with zero attached hydrogens (tertiary/aromatic N) is 1. The van der Waals surface area contributed by atoms with Crippen LogP contribution < -0.4 is 11.1 Å². The third kappa shape index (κ3) is 4.64. The highest BCUT2D eigenvalue weighted by Gasteiger charge is 2.31. The first-order valence-corrected chi connectivity index (χ1v) is 9.84. The van der Waals surface area contributed by atoms with Crippen LogP contribution in [0.3, 0.4) is 0 Å². The maximum Gasteiger partial charge on any atom is 0.268 e. The van der Waals surface area contributed by atoms with E-state index < -0.39 is 34.1 Å². The zero-order valence-electron chi connectivity index (χ0n) is 15.6. The molecule has 0 radical (unpaired) electrons. The van der Waals surface area contributed by atoms with Gasteiger partial charge >= 0.3 is 0 Å². The first-order chi connectivity index (χ1) is 13.6. The lowest BCUT2D eigenvalue weighted by atomic mass is 9.96. The summed E-state index contributed by atoms with van der Waals surface area (Å²) >= 11 is 6.79. The van der Waals surface area contributed by atoms with Crippen molar-refractivity contribution in [1.29, 1.82) is 0 Å². The van der Waals surface area contributed by atoms with Gasteiger partial charge in [0.25, 0.3) is 5.91 Å². The maximum atomic E-state index is 13.7. The molecule has 1 amide bonds. The molecular weight excluding hydrogens is 422 g/mol. The Morgan fingerprint density at radius 1 is 1.38 bits per heavy atom. The van der Waals surface area contributed by atoms with Crippen LogP contribution in [0.1, 0.15) is 41.1 Å². The number of nitrogens with two attached hydrogens (primary N) is 1. The van der Waals surface area contributed by atoms with E-state index in [1.165, 1.54) is 23.5 Å². The fourth-order valence-electron chi connectivity index (χ4n) is 2.71. The van der Waals surface area contributed by atoms with Gasteiger partial charge in [0.05, 0.1) is 18.3 Å². The first kappa shape index (κ1) is 21.4. The number of rotatable bonds is 6.